The van der Waals surface area contributed by atoms with Crippen LogP contribution in [0.3, 0.4) is 0 Å². The number of carbonyl (C=O) groups excluding carboxylic acids is 1. The van der Waals surface area contributed by atoms with E-state index in [0.717, 1.165) is 54.1 Å². The molecule has 2 aromatic heterocycles. The summed E-state index contributed by atoms with van der Waals surface area (Å²) in [7, 11) is 0. The maximum atomic E-state index is 13.0. The van der Waals surface area contributed by atoms with Gasteiger partial charge in [0.25, 0.3) is 0 Å². The van der Waals surface area contributed by atoms with Crippen LogP contribution in [0.2, 0.25) is 0 Å². The number of likely N-dealkylation sites (tertiary alicyclic amines) is 1. The first-order chi connectivity index (χ1) is 20.9. The van der Waals surface area contributed by atoms with E-state index in [9.17, 15) is 14.7 Å². The second kappa shape index (κ2) is 12.2. The Hall–Kier alpha value is -4.73. The average molecular weight is 581 g/mol. The maximum absolute atomic E-state index is 13.0. The first kappa shape index (κ1) is 28.4. The standard InChI is InChI=1S/C33H36N6O4/c1-20-10-12-22(18-20)30(40)37-27-9-3-7-25-24(27)13-11-21(2)29(25)43-31-26(8-4-15-34-31)28-14-16-35-32(38-28)36-23-6-5-17-39(19-23)33(41)42/h3-4,7-9,11,13-16,20,22-23H,5-6,10,12,17-19H2,1-2H3,(H,37,40)(H,41,42)(H,35,36,38)/t20?,22-,23-/m0/s1. The molecule has 2 aliphatic rings. The quantitative estimate of drug-likeness (QED) is 0.220. The van der Waals surface area contributed by atoms with Gasteiger partial charge in [0.1, 0.15) is 5.75 Å². The number of hydrogen-bond acceptors (Lipinski definition) is 7. The van der Waals surface area contributed by atoms with E-state index in [1.807, 2.05) is 49.4 Å². The highest BCUT2D eigenvalue weighted by molar-refractivity contribution is 6.05. The zero-order valence-electron chi connectivity index (χ0n) is 24.4. The molecule has 222 valence electrons. The van der Waals surface area contributed by atoms with Gasteiger partial charge < -0.3 is 25.4 Å². The largest absolute Gasteiger partial charge is 0.465 e. The Morgan fingerprint density at radius 2 is 1.88 bits per heavy atom. The van der Waals surface area contributed by atoms with Crippen LogP contribution in [-0.2, 0) is 4.79 Å². The molecule has 0 bridgehead atoms. The number of pyridine rings is 1. The molecular weight excluding hydrogens is 544 g/mol. The van der Waals surface area contributed by atoms with Crippen LogP contribution < -0.4 is 15.4 Å². The van der Waals surface area contributed by atoms with Crippen molar-refractivity contribution in [1.29, 1.82) is 0 Å². The highest BCUT2D eigenvalue weighted by Crippen LogP contribution is 2.39. The molecule has 4 aromatic rings. The molecule has 10 nitrogen and oxygen atoms in total. The second-order valence-electron chi connectivity index (χ2n) is 11.7. The van der Waals surface area contributed by atoms with Gasteiger partial charge in [-0.2, -0.15) is 0 Å². The number of nitrogens with one attached hydrogen (secondary N) is 2. The van der Waals surface area contributed by atoms with E-state index in [-0.39, 0.29) is 17.9 Å². The van der Waals surface area contributed by atoms with Crippen molar-refractivity contribution in [2.24, 2.45) is 11.8 Å². The van der Waals surface area contributed by atoms with E-state index in [0.29, 0.717) is 47.8 Å². The molecule has 2 fully saturated rings. The molecule has 1 aliphatic heterocycles. The highest BCUT2D eigenvalue weighted by Gasteiger charge is 2.28. The number of benzene rings is 2. The summed E-state index contributed by atoms with van der Waals surface area (Å²) in [5, 5.41) is 17.6. The van der Waals surface area contributed by atoms with Crippen LogP contribution in [0.1, 0.15) is 44.6 Å². The fraction of sp³-hybridized carbons (Fsp3) is 0.364. The van der Waals surface area contributed by atoms with E-state index in [1.54, 1.807) is 18.5 Å². The molecule has 1 saturated heterocycles. The van der Waals surface area contributed by atoms with Crippen LogP contribution >= 0.6 is 0 Å². The minimum Gasteiger partial charge on any atom is -0.465 e. The van der Waals surface area contributed by atoms with Crippen LogP contribution in [0.15, 0.2) is 60.9 Å². The summed E-state index contributed by atoms with van der Waals surface area (Å²) >= 11 is 0. The minimum absolute atomic E-state index is 0.0453. The predicted molar refractivity (Wildman–Crippen MR) is 165 cm³/mol. The number of aromatic nitrogens is 3. The number of piperidine rings is 1. The first-order valence-electron chi connectivity index (χ1n) is 14.9. The van der Waals surface area contributed by atoms with Gasteiger partial charge in [0.05, 0.1) is 11.3 Å². The van der Waals surface area contributed by atoms with Gasteiger partial charge in [-0.05, 0) is 74.8 Å². The molecule has 3 N–H and O–H groups in total. The number of amides is 2. The Balaban J connectivity index is 1.27. The summed E-state index contributed by atoms with van der Waals surface area (Å²) in [4.78, 5) is 39.6. The van der Waals surface area contributed by atoms with Crippen LogP contribution in [0.5, 0.6) is 11.6 Å². The lowest BCUT2D eigenvalue weighted by Gasteiger charge is -2.31. The summed E-state index contributed by atoms with van der Waals surface area (Å²) in [6, 6.07) is 15.3. The van der Waals surface area contributed by atoms with E-state index < -0.39 is 6.09 Å². The smallest absolute Gasteiger partial charge is 0.407 e. The van der Waals surface area contributed by atoms with Gasteiger partial charge >= 0.3 is 6.09 Å². The molecule has 10 heteroatoms. The first-order valence-corrected chi connectivity index (χ1v) is 14.9. The van der Waals surface area contributed by atoms with Crippen molar-refractivity contribution in [3.63, 3.8) is 0 Å². The summed E-state index contributed by atoms with van der Waals surface area (Å²) in [6.07, 6.45) is 6.98. The second-order valence-corrected chi connectivity index (χ2v) is 11.7. The maximum Gasteiger partial charge on any atom is 0.407 e. The highest BCUT2D eigenvalue weighted by atomic mass is 16.5. The minimum atomic E-state index is -0.917. The van der Waals surface area contributed by atoms with Gasteiger partial charge in [0.2, 0.25) is 17.7 Å². The summed E-state index contributed by atoms with van der Waals surface area (Å²) in [5.74, 6) is 2.17. The van der Waals surface area contributed by atoms with Gasteiger partial charge in [0, 0.05) is 53.9 Å². The summed E-state index contributed by atoms with van der Waals surface area (Å²) < 4.78 is 6.54. The Morgan fingerprint density at radius 1 is 1.00 bits per heavy atom. The Morgan fingerprint density at radius 3 is 2.70 bits per heavy atom. The molecule has 2 aromatic carbocycles. The van der Waals surface area contributed by atoms with Gasteiger partial charge in [0.15, 0.2) is 0 Å². The molecule has 1 aliphatic carbocycles. The van der Waals surface area contributed by atoms with Gasteiger partial charge in [-0.1, -0.05) is 31.2 Å². The number of rotatable bonds is 7. The van der Waals surface area contributed by atoms with Crippen LogP contribution in [0, 0.1) is 18.8 Å². The zero-order valence-corrected chi connectivity index (χ0v) is 24.4. The van der Waals surface area contributed by atoms with E-state index >= 15 is 0 Å². The van der Waals surface area contributed by atoms with Crippen LogP contribution in [-0.4, -0.2) is 56.1 Å². The van der Waals surface area contributed by atoms with Crippen LogP contribution in [0.4, 0.5) is 16.4 Å². The van der Waals surface area contributed by atoms with E-state index in [2.05, 4.69) is 27.5 Å². The molecular formula is C33H36N6O4. The SMILES string of the molecule is Cc1ccc2c(NC(=O)[C@H]3CCC(C)C3)cccc2c1Oc1ncccc1-c1ccnc(N[C@H]2CCCN(C(=O)O)C2)n1. The number of fused-ring (bicyclic) bond motifs is 1. The Bertz CT molecular complexity index is 1660. The van der Waals surface area contributed by atoms with Crippen molar-refractivity contribution in [3.05, 3.63) is 66.5 Å². The van der Waals surface area contributed by atoms with Crippen molar-refractivity contribution < 1.29 is 19.4 Å². The lowest BCUT2D eigenvalue weighted by Crippen LogP contribution is -2.44. The molecule has 0 radical (unpaired) electrons. The van der Waals surface area contributed by atoms with Gasteiger partial charge in [-0.25, -0.2) is 19.7 Å². The normalized spacial score (nSPS) is 20.1. The molecule has 0 spiro atoms. The lowest BCUT2D eigenvalue weighted by molar-refractivity contribution is -0.119. The Kier molecular flexibility index (Phi) is 8.09. The molecule has 1 saturated carbocycles. The molecule has 3 heterocycles. The molecule has 3 atom stereocenters. The molecule has 6 rings (SSSR count). The van der Waals surface area contributed by atoms with Gasteiger partial charge in [-0.15, -0.1) is 0 Å². The fourth-order valence-corrected chi connectivity index (χ4v) is 6.16. The third-order valence-corrected chi connectivity index (χ3v) is 8.46. The number of ether oxygens (including phenoxy) is 1. The monoisotopic (exact) mass is 580 g/mol. The van der Waals surface area contributed by atoms with Crippen molar-refractivity contribution in [3.8, 4) is 22.9 Å². The van der Waals surface area contributed by atoms with Crippen LogP contribution in [0.25, 0.3) is 22.0 Å². The predicted octanol–water partition coefficient (Wildman–Crippen LogP) is 6.72. The summed E-state index contributed by atoms with van der Waals surface area (Å²) in [5.41, 5.74) is 3.02. The molecule has 2 amide bonds. The van der Waals surface area contributed by atoms with E-state index in [4.69, 9.17) is 9.72 Å². The van der Waals surface area contributed by atoms with Crippen molar-refractivity contribution in [1.82, 2.24) is 19.9 Å². The molecule has 1 unspecified atom stereocenters. The average Bonchev–Trinajstić information content (AvgIpc) is 3.45. The van der Waals surface area contributed by atoms with E-state index in [1.165, 1.54) is 4.90 Å². The third-order valence-electron chi connectivity index (χ3n) is 8.46. The van der Waals surface area contributed by atoms with Crippen molar-refractivity contribution in [2.45, 2.75) is 52.0 Å². The third kappa shape index (κ3) is 6.23. The number of anilines is 2. The lowest BCUT2D eigenvalue weighted by atomic mass is 10.0. The van der Waals surface area contributed by atoms with Gasteiger partial charge in [-0.3, -0.25) is 4.79 Å². The Labute approximate surface area is 250 Å². The summed E-state index contributed by atoms with van der Waals surface area (Å²) in [6.45, 7) is 5.10. The zero-order chi connectivity index (χ0) is 29.9. The fourth-order valence-electron chi connectivity index (χ4n) is 6.16. The number of carbonyl (C=O) groups is 2. The topological polar surface area (TPSA) is 130 Å². The van der Waals surface area contributed by atoms with Crippen molar-refractivity contribution in [2.75, 3.05) is 23.7 Å². The molecule has 43 heavy (non-hydrogen) atoms. The number of carboxylic acid groups (broad SMARTS) is 1. The van der Waals surface area contributed by atoms with Crippen molar-refractivity contribution >= 4 is 34.4 Å². The number of nitrogens with zero attached hydrogens (tertiary/aromatic N) is 4. The number of hydrogen-bond donors (Lipinski definition) is 3. The number of aryl methyl sites for hydroxylation is 1.